The van der Waals surface area contributed by atoms with Gasteiger partial charge in [0.25, 0.3) is 5.69 Å². The lowest BCUT2D eigenvalue weighted by atomic mass is 9.95. The van der Waals surface area contributed by atoms with Crippen molar-refractivity contribution >= 4 is 39.2 Å². The highest BCUT2D eigenvalue weighted by Gasteiger charge is 2.27. The summed E-state index contributed by atoms with van der Waals surface area (Å²) in [6, 6.07) is 18.9. The zero-order chi connectivity index (χ0) is 21.5. The third-order valence-corrected chi connectivity index (χ3v) is 5.32. The van der Waals surface area contributed by atoms with Gasteiger partial charge >= 0.3 is 0 Å². The van der Waals surface area contributed by atoms with Gasteiger partial charge in [0.1, 0.15) is 5.65 Å². The highest BCUT2D eigenvalue weighted by molar-refractivity contribution is 6.35. The summed E-state index contributed by atoms with van der Waals surface area (Å²) in [6.45, 7) is 0. The van der Waals surface area contributed by atoms with Gasteiger partial charge in [0.15, 0.2) is 0 Å². The molecule has 0 saturated carbocycles. The van der Waals surface area contributed by atoms with Crippen molar-refractivity contribution in [1.82, 2.24) is 15.0 Å². The van der Waals surface area contributed by atoms with Crippen LogP contribution in [0.4, 0.5) is 5.69 Å². The number of nitrogens with zero attached hydrogens (tertiary/aromatic N) is 3. The molecule has 0 radical (unpaired) electrons. The first-order valence-corrected chi connectivity index (χ1v) is 9.72. The zero-order valence-electron chi connectivity index (χ0n) is 15.9. The van der Waals surface area contributed by atoms with Crippen LogP contribution in [0.1, 0.15) is 0 Å². The minimum Gasteiger partial charge on any atom is -0.306 e. The van der Waals surface area contributed by atoms with Crippen molar-refractivity contribution in [1.29, 1.82) is 0 Å². The molecule has 31 heavy (non-hydrogen) atoms. The summed E-state index contributed by atoms with van der Waals surface area (Å²) < 4.78 is 0. The summed E-state index contributed by atoms with van der Waals surface area (Å²) in [6.07, 6.45) is 1.64. The van der Waals surface area contributed by atoms with Crippen molar-refractivity contribution in [2.24, 2.45) is 0 Å². The summed E-state index contributed by atoms with van der Waals surface area (Å²) in [4.78, 5) is 35.2. The number of halogens is 1. The molecule has 8 heteroatoms. The topological polar surface area (TPSA) is 102 Å². The SMILES string of the molecule is O=c1ccc2c([N+](=O)[O-])c(-c3cc(Cl)c4ncccc4c3)c(-c3ccccc3)nc2[nH]1. The second kappa shape index (κ2) is 7.30. The third-order valence-electron chi connectivity index (χ3n) is 5.03. The molecule has 150 valence electrons. The second-order valence-corrected chi connectivity index (χ2v) is 7.33. The first kappa shape index (κ1) is 18.9. The Morgan fingerprint density at radius 3 is 2.55 bits per heavy atom. The van der Waals surface area contributed by atoms with E-state index < -0.39 is 4.92 Å². The molecule has 0 aliphatic heterocycles. The third kappa shape index (κ3) is 3.21. The molecule has 0 aliphatic carbocycles. The normalized spacial score (nSPS) is 11.1. The Bertz CT molecular complexity index is 1550. The average Bonchev–Trinajstić information content (AvgIpc) is 2.78. The molecule has 0 bridgehead atoms. The largest absolute Gasteiger partial charge is 0.306 e. The molecule has 5 rings (SSSR count). The van der Waals surface area contributed by atoms with E-state index in [1.807, 2.05) is 42.5 Å². The van der Waals surface area contributed by atoms with Crippen molar-refractivity contribution in [2.75, 3.05) is 0 Å². The average molecular weight is 429 g/mol. The van der Waals surface area contributed by atoms with Crippen molar-refractivity contribution in [2.45, 2.75) is 0 Å². The number of pyridine rings is 3. The van der Waals surface area contributed by atoms with Crippen molar-refractivity contribution < 1.29 is 4.92 Å². The van der Waals surface area contributed by atoms with Gasteiger partial charge in [0.2, 0.25) is 5.56 Å². The minimum atomic E-state index is -0.453. The molecule has 0 aliphatic rings. The van der Waals surface area contributed by atoms with Gasteiger partial charge in [-0.25, -0.2) is 4.98 Å². The van der Waals surface area contributed by atoms with E-state index in [1.165, 1.54) is 12.1 Å². The number of hydrogen-bond acceptors (Lipinski definition) is 5. The predicted molar refractivity (Wildman–Crippen MR) is 120 cm³/mol. The fourth-order valence-electron chi connectivity index (χ4n) is 3.72. The molecule has 2 aromatic carbocycles. The van der Waals surface area contributed by atoms with Gasteiger partial charge in [-0.15, -0.1) is 0 Å². The van der Waals surface area contributed by atoms with E-state index in [0.29, 0.717) is 32.9 Å². The Kier molecular flexibility index (Phi) is 4.45. The lowest BCUT2D eigenvalue weighted by molar-refractivity contribution is -0.382. The molecular formula is C23H13ClN4O3. The monoisotopic (exact) mass is 428 g/mol. The van der Waals surface area contributed by atoms with Crippen LogP contribution in [0.2, 0.25) is 5.02 Å². The second-order valence-electron chi connectivity index (χ2n) is 6.93. The Hall–Kier alpha value is -4.10. The van der Waals surface area contributed by atoms with E-state index in [-0.39, 0.29) is 22.3 Å². The number of aromatic nitrogens is 3. The van der Waals surface area contributed by atoms with E-state index in [2.05, 4.69) is 15.0 Å². The molecule has 0 amide bonds. The molecule has 0 fully saturated rings. The summed E-state index contributed by atoms with van der Waals surface area (Å²) >= 11 is 6.48. The summed E-state index contributed by atoms with van der Waals surface area (Å²) in [5, 5.41) is 13.6. The van der Waals surface area contributed by atoms with Crippen LogP contribution in [0.15, 0.2) is 77.7 Å². The zero-order valence-corrected chi connectivity index (χ0v) is 16.6. The quantitative estimate of drug-likeness (QED) is 0.307. The molecule has 1 N–H and O–H groups in total. The van der Waals surface area contributed by atoms with Crippen molar-refractivity contribution in [3.05, 3.63) is 98.4 Å². The van der Waals surface area contributed by atoms with Crippen LogP contribution in [0.3, 0.4) is 0 Å². The molecule has 0 spiro atoms. The minimum absolute atomic E-state index is 0.148. The number of aromatic amines is 1. The number of nitrogens with one attached hydrogen (secondary N) is 1. The Morgan fingerprint density at radius 2 is 1.77 bits per heavy atom. The standard InChI is InChI=1S/C23H13ClN4O3/c24-17-12-15(11-14-7-4-10-25-20(14)17)19-21(13-5-2-1-3-6-13)27-23-16(22(19)28(30)31)8-9-18(29)26-23/h1-12H,(H,26,27,29). The Balaban J connectivity index is 1.97. The van der Waals surface area contributed by atoms with E-state index in [4.69, 9.17) is 11.6 Å². The Labute approximate surface area is 180 Å². The predicted octanol–water partition coefficient (Wildman–Crippen LogP) is 5.37. The van der Waals surface area contributed by atoms with Crippen LogP contribution in [0, 0.1) is 10.1 Å². The maximum Gasteiger partial charge on any atom is 0.290 e. The van der Waals surface area contributed by atoms with Crippen molar-refractivity contribution in [3.8, 4) is 22.4 Å². The van der Waals surface area contributed by atoms with Gasteiger partial charge in [-0.3, -0.25) is 19.9 Å². The maximum absolute atomic E-state index is 12.3. The van der Waals surface area contributed by atoms with Gasteiger partial charge in [-0.1, -0.05) is 48.0 Å². The van der Waals surface area contributed by atoms with Crippen molar-refractivity contribution in [3.63, 3.8) is 0 Å². The smallest absolute Gasteiger partial charge is 0.290 e. The van der Waals surface area contributed by atoms with E-state index in [0.717, 1.165) is 5.39 Å². The van der Waals surface area contributed by atoms with Crippen LogP contribution in [-0.4, -0.2) is 19.9 Å². The molecular weight excluding hydrogens is 416 g/mol. The first-order valence-electron chi connectivity index (χ1n) is 9.34. The number of H-pyrrole nitrogens is 1. The van der Waals surface area contributed by atoms with Crippen LogP contribution >= 0.6 is 11.6 Å². The fraction of sp³-hybridized carbons (Fsp3) is 0. The lowest BCUT2D eigenvalue weighted by Crippen LogP contribution is -2.07. The molecule has 0 saturated heterocycles. The summed E-state index contributed by atoms with van der Waals surface area (Å²) in [7, 11) is 0. The summed E-state index contributed by atoms with van der Waals surface area (Å²) in [5.74, 6) is 0. The van der Waals surface area contributed by atoms with Gasteiger partial charge < -0.3 is 4.98 Å². The highest BCUT2D eigenvalue weighted by atomic mass is 35.5. The van der Waals surface area contributed by atoms with E-state index in [1.54, 1.807) is 18.3 Å². The number of benzene rings is 2. The van der Waals surface area contributed by atoms with Crippen LogP contribution in [-0.2, 0) is 0 Å². The number of fused-ring (bicyclic) bond motifs is 2. The van der Waals surface area contributed by atoms with Gasteiger partial charge in [-0.05, 0) is 29.8 Å². The number of hydrogen-bond donors (Lipinski definition) is 1. The van der Waals surface area contributed by atoms with Crippen LogP contribution in [0.25, 0.3) is 44.3 Å². The Morgan fingerprint density at radius 1 is 0.968 bits per heavy atom. The number of nitro groups is 1. The van der Waals surface area contributed by atoms with Crippen LogP contribution in [0.5, 0.6) is 0 Å². The van der Waals surface area contributed by atoms with Gasteiger partial charge in [0, 0.05) is 23.2 Å². The molecule has 3 aromatic heterocycles. The highest BCUT2D eigenvalue weighted by Crippen LogP contribution is 2.43. The fourth-order valence-corrected chi connectivity index (χ4v) is 3.99. The van der Waals surface area contributed by atoms with Gasteiger partial charge in [-0.2, -0.15) is 0 Å². The van der Waals surface area contributed by atoms with Gasteiger partial charge in [0.05, 0.1) is 32.1 Å². The molecule has 5 aromatic rings. The summed E-state index contributed by atoms with van der Waals surface area (Å²) in [5.41, 5.74) is 2.13. The van der Waals surface area contributed by atoms with Crippen LogP contribution < -0.4 is 5.56 Å². The van der Waals surface area contributed by atoms with E-state index >= 15 is 0 Å². The molecule has 7 nitrogen and oxygen atoms in total. The molecule has 0 atom stereocenters. The number of rotatable bonds is 3. The first-order chi connectivity index (χ1) is 15.0. The molecule has 3 heterocycles. The lowest BCUT2D eigenvalue weighted by Gasteiger charge is -2.13. The maximum atomic E-state index is 12.3. The van der Waals surface area contributed by atoms with E-state index in [9.17, 15) is 14.9 Å². The molecule has 0 unspecified atom stereocenters.